The number of hydrogen-bond donors (Lipinski definition) is 0. The normalized spacial score (nSPS) is 14.8. The Balaban J connectivity index is 1.37. The molecule has 1 aliphatic rings. The lowest BCUT2D eigenvalue weighted by Crippen LogP contribution is -2.49. The first kappa shape index (κ1) is 17.1. The van der Waals surface area contributed by atoms with Crippen LogP contribution in [0.1, 0.15) is 5.56 Å². The lowest BCUT2D eigenvalue weighted by molar-refractivity contribution is -0.130. The lowest BCUT2D eigenvalue weighted by Gasteiger charge is -2.36. The number of amides is 1. The van der Waals surface area contributed by atoms with E-state index in [0.29, 0.717) is 29.6 Å². The number of aromatic nitrogens is 2. The van der Waals surface area contributed by atoms with Crippen molar-refractivity contribution in [3.63, 3.8) is 0 Å². The maximum Gasteiger partial charge on any atom is 0.227 e. The molecule has 26 heavy (non-hydrogen) atoms. The van der Waals surface area contributed by atoms with Gasteiger partial charge in [0.2, 0.25) is 5.91 Å². The van der Waals surface area contributed by atoms with Crippen molar-refractivity contribution in [1.82, 2.24) is 15.2 Å². The molecule has 0 spiro atoms. The minimum Gasteiger partial charge on any atom is -0.368 e. The number of nitrogens with zero attached hydrogens (tertiary/aromatic N) is 4. The highest BCUT2D eigenvalue weighted by Crippen LogP contribution is 2.24. The lowest BCUT2D eigenvalue weighted by atomic mass is 10.1. The fourth-order valence-corrected chi connectivity index (χ4v) is 3.44. The van der Waals surface area contributed by atoms with Gasteiger partial charge in [0.25, 0.3) is 0 Å². The zero-order chi connectivity index (χ0) is 18.1. The van der Waals surface area contributed by atoms with E-state index in [1.165, 1.54) is 0 Å². The summed E-state index contributed by atoms with van der Waals surface area (Å²) in [7, 11) is 0. The summed E-state index contributed by atoms with van der Waals surface area (Å²) in [4.78, 5) is 16.7. The Hall–Kier alpha value is -2.31. The topological polar surface area (TPSA) is 62.5 Å². The molecule has 1 aliphatic heterocycles. The van der Waals surface area contributed by atoms with E-state index >= 15 is 0 Å². The van der Waals surface area contributed by atoms with E-state index < -0.39 is 0 Å². The largest absolute Gasteiger partial charge is 0.368 e. The van der Waals surface area contributed by atoms with Crippen molar-refractivity contribution in [2.45, 2.75) is 6.42 Å². The Morgan fingerprint density at radius 1 is 0.962 bits per heavy atom. The molecular formula is C18H16Cl2N4O2. The van der Waals surface area contributed by atoms with Crippen molar-refractivity contribution >= 4 is 45.8 Å². The van der Waals surface area contributed by atoms with Crippen molar-refractivity contribution < 1.29 is 9.42 Å². The van der Waals surface area contributed by atoms with Crippen LogP contribution < -0.4 is 4.90 Å². The summed E-state index contributed by atoms with van der Waals surface area (Å²) in [6.07, 6.45) is 0.327. The molecule has 0 bridgehead atoms. The molecule has 0 aliphatic carbocycles. The highest BCUT2D eigenvalue weighted by molar-refractivity contribution is 6.42. The van der Waals surface area contributed by atoms with Crippen LogP contribution in [0.15, 0.2) is 41.0 Å². The summed E-state index contributed by atoms with van der Waals surface area (Å²) < 4.78 is 4.74. The van der Waals surface area contributed by atoms with Gasteiger partial charge in [-0.05, 0) is 46.2 Å². The Morgan fingerprint density at radius 2 is 1.73 bits per heavy atom. The average Bonchev–Trinajstić information content (AvgIpc) is 3.12. The van der Waals surface area contributed by atoms with E-state index in [9.17, 15) is 4.79 Å². The molecule has 1 fully saturated rings. The number of halogens is 2. The maximum atomic E-state index is 12.5. The molecule has 134 valence electrons. The van der Waals surface area contributed by atoms with Crippen LogP contribution in [0.2, 0.25) is 10.0 Å². The Morgan fingerprint density at radius 3 is 2.50 bits per heavy atom. The molecule has 0 radical (unpaired) electrons. The number of anilines is 1. The molecule has 1 aromatic heterocycles. The maximum absolute atomic E-state index is 12.5. The van der Waals surface area contributed by atoms with Crippen molar-refractivity contribution in [3.8, 4) is 0 Å². The van der Waals surface area contributed by atoms with Crippen LogP contribution in [0.3, 0.4) is 0 Å². The molecule has 1 saturated heterocycles. The van der Waals surface area contributed by atoms with Gasteiger partial charge in [-0.3, -0.25) is 4.79 Å². The van der Waals surface area contributed by atoms with E-state index in [1.54, 1.807) is 12.1 Å². The molecule has 2 heterocycles. The fourth-order valence-electron chi connectivity index (χ4n) is 3.12. The van der Waals surface area contributed by atoms with E-state index in [2.05, 4.69) is 15.2 Å². The summed E-state index contributed by atoms with van der Waals surface area (Å²) in [5.74, 6) is 0.0965. The van der Waals surface area contributed by atoms with Crippen LogP contribution >= 0.6 is 23.2 Å². The van der Waals surface area contributed by atoms with Gasteiger partial charge in [0.05, 0.1) is 16.5 Å². The Bertz CT molecular complexity index is 951. The van der Waals surface area contributed by atoms with E-state index in [0.717, 1.165) is 35.4 Å². The van der Waals surface area contributed by atoms with Gasteiger partial charge in [-0.2, -0.15) is 0 Å². The van der Waals surface area contributed by atoms with Crippen molar-refractivity contribution in [1.29, 1.82) is 0 Å². The molecule has 6 nitrogen and oxygen atoms in total. The second-order valence-electron chi connectivity index (χ2n) is 6.23. The Kier molecular flexibility index (Phi) is 4.70. The number of fused-ring (bicyclic) bond motifs is 1. The van der Waals surface area contributed by atoms with E-state index in [1.807, 2.05) is 29.2 Å². The van der Waals surface area contributed by atoms with Crippen LogP contribution in [0, 0.1) is 0 Å². The summed E-state index contributed by atoms with van der Waals surface area (Å²) >= 11 is 11.9. The van der Waals surface area contributed by atoms with Crippen LogP contribution in [-0.4, -0.2) is 47.3 Å². The van der Waals surface area contributed by atoms with Gasteiger partial charge in [-0.1, -0.05) is 29.3 Å². The summed E-state index contributed by atoms with van der Waals surface area (Å²) in [5, 5.41) is 8.66. The molecule has 1 amide bonds. The minimum absolute atomic E-state index is 0.0965. The molecule has 3 aromatic rings. The van der Waals surface area contributed by atoms with E-state index in [4.69, 9.17) is 27.8 Å². The van der Waals surface area contributed by atoms with Gasteiger partial charge in [0, 0.05) is 31.9 Å². The monoisotopic (exact) mass is 390 g/mol. The molecular weight excluding hydrogens is 375 g/mol. The number of carbonyl (C=O) groups is 1. The van der Waals surface area contributed by atoms with Gasteiger partial charge in [-0.15, -0.1) is 0 Å². The Labute approximate surface area is 160 Å². The quantitative estimate of drug-likeness (QED) is 0.685. The smallest absolute Gasteiger partial charge is 0.227 e. The van der Waals surface area contributed by atoms with Crippen LogP contribution in [0.25, 0.3) is 11.0 Å². The first-order valence-corrected chi connectivity index (χ1v) is 9.05. The number of hydrogen-bond acceptors (Lipinski definition) is 5. The van der Waals surface area contributed by atoms with Gasteiger partial charge in [-0.25, -0.2) is 4.63 Å². The summed E-state index contributed by atoms with van der Waals surface area (Å²) in [5.41, 5.74) is 3.41. The van der Waals surface area contributed by atoms with Gasteiger partial charge >= 0.3 is 0 Å². The zero-order valence-corrected chi connectivity index (χ0v) is 15.4. The third-order valence-corrected chi connectivity index (χ3v) is 5.31. The first-order chi connectivity index (χ1) is 12.6. The zero-order valence-electron chi connectivity index (χ0n) is 13.9. The number of benzene rings is 2. The molecule has 4 rings (SSSR count). The molecule has 2 aromatic carbocycles. The van der Waals surface area contributed by atoms with Crippen LogP contribution in [-0.2, 0) is 11.2 Å². The third kappa shape index (κ3) is 3.48. The van der Waals surface area contributed by atoms with Gasteiger partial charge in [0.15, 0.2) is 0 Å². The molecule has 8 heteroatoms. The second-order valence-corrected chi connectivity index (χ2v) is 7.04. The highest BCUT2D eigenvalue weighted by Gasteiger charge is 2.22. The van der Waals surface area contributed by atoms with Crippen molar-refractivity contribution in [2.75, 3.05) is 31.1 Å². The number of carbonyl (C=O) groups excluding carboxylic acids is 1. The predicted molar refractivity (Wildman–Crippen MR) is 101 cm³/mol. The van der Waals surface area contributed by atoms with Crippen molar-refractivity contribution in [3.05, 3.63) is 52.0 Å². The summed E-state index contributed by atoms with van der Waals surface area (Å²) in [6.45, 7) is 2.89. The second kappa shape index (κ2) is 7.13. The standard InChI is InChI=1S/C18H16Cl2N4O2/c19-14-3-1-12(9-15(14)20)10-18(25)24-7-5-23(6-8-24)13-2-4-16-17(11-13)22-26-21-16/h1-4,9,11H,5-8,10H2. The fraction of sp³-hybridized carbons (Fsp3) is 0.278. The van der Waals surface area contributed by atoms with Gasteiger partial charge in [0.1, 0.15) is 11.0 Å². The first-order valence-electron chi connectivity index (χ1n) is 8.29. The number of piperazine rings is 1. The van der Waals surface area contributed by atoms with Crippen molar-refractivity contribution in [2.24, 2.45) is 0 Å². The predicted octanol–water partition coefficient (Wildman–Crippen LogP) is 3.42. The molecule has 0 saturated carbocycles. The summed E-state index contributed by atoms with van der Waals surface area (Å²) in [6, 6.07) is 11.2. The average molecular weight is 391 g/mol. The molecule has 0 atom stereocenters. The van der Waals surface area contributed by atoms with Crippen LogP contribution in [0.4, 0.5) is 5.69 Å². The molecule has 0 unspecified atom stereocenters. The van der Waals surface area contributed by atoms with E-state index in [-0.39, 0.29) is 5.91 Å². The highest BCUT2D eigenvalue weighted by atomic mass is 35.5. The van der Waals surface area contributed by atoms with Crippen LogP contribution in [0.5, 0.6) is 0 Å². The molecule has 0 N–H and O–H groups in total. The SMILES string of the molecule is O=C(Cc1ccc(Cl)c(Cl)c1)N1CCN(c2ccc3nonc3c2)CC1. The number of rotatable bonds is 3. The minimum atomic E-state index is 0.0965. The van der Waals surface area contributed by atoms with Gasteiger partial charge < -0.3 is 9.80 Å². The third-order valence-electron chi connectivity index (χ3n) is 4.57.